The first kappa shape index (κ1) is 14.8. The van der Waals surface area contributed by atoms with Crippen LogP contribution in [0.5, 0.6) is 0 Å². The molecule has 1 heterocycles. The standard InChI is InChI=1S/C16H24N2O2S/c1-2-12(10-6-4-3-5-7-10)17-16-18-14-11(15(19)20)8-9-13(14)21-16/h10-12H,2-9H2,1H3,(H,17,18)(H,19,20). The number of aliphatic carboxylic acids is 1. The van der Waals surface area contributed by atoms with E-state index in [-0.39, 0.29) is 5.92 Å². The lowest BCUT2D eigenvalue weighted by Gasteiger charge is -2.30. The first-order valence-electron chi connectivity index (χ1n) is 8.18. The maximum absolute atomic E-state index is 11.2. The Kier molecular flexibility index (Phi) is 4.48. The summed E-state index contributed by atoms with van der Waals surface area (Å²) in [5, 5.41) is 13.8. The van der Waals surface area contributed by atoms with Crippen LogP contribution in [0.15, 0.2) is 0 Å². The average Bonchev–Trinajstić information content (AvgIpc) is 3.05. The van der Waals surface area contributed by atoms with Crippen molar-refractivity contribution in [1.29, 1.82) is 0 Å². The van der Waals surface area contributed by atoms with Crippen LogP contribution in [0.2, 0.25) is 0 Å². The minimum atomic E-state index is -0.732. The lowest BCUT2D eigenvalue weighted by molar-refractivity contribution is -0.138. The van der Waals surface area contributed by atoms with E-state index in [9.17, 15) is 9.90 Å². The van der Waals surface area contributed by atoms with Crippen molar-refractivity contribution in [3.8, 4) is 0 Å². The number of thiazole rings is 1. The minimum Gasteiger partial charge on any atom is -0.481 e. The fraction of sp³-hybridized carbons (Fsp3) is 0.750. The summed E-state index contributed by atoms with van der Waals surface area (Å²) < 4.78 is 0. The molecule has 5 heteroatoms. The smallest absolute Gasteiger partial charge is 0.312 e. The van der Waals surface area contributed by atoms with Gasteiger partial charge in [-0.25, -0.2) is 4.98 Å². The Balaban J connectivity index is 1.70. The minimum absolute atomic E-state index is 0.387. The molecule has 0 bridgehead atoms. The molecule has 116 valence electrons. The zero-order chi connectivity index (χ0) is 14.8. The Labute approximate surface area is 130 Å². The van der Waals surface area contributed by atoms with E-state index in [1.807, 2.05) is 0 Å². The molecule has 1 saturated carbocycles. The number of carboxylic acid groups (broad SMARTS) is 1. The highest BCUT2D eigenvalue weighted by Gasteiger charge is 2.33. The van der Waals surface area contributed by atoms with Gasteiger partial charge in [0.1, 0.15) is 5.92 Å². The van der Waals surface area contributed by atoms with E-state index in [1.165, 1.54) is 37.0 Å². The molecule has 2 unspecified atom stereocenters. The summed E-state index contributed by atoms with van der Waals surface area (Å²) in [6, 6.07) is 0.486. The van der Waals surface area contributed by atoms with Gasteiger partial charge in [-0.15, -0.1) is 11.3 Å². The van der Waals surface area contributed by atoms with Crippen molar-refractivity contribution in [3.63, 3.8) is 0 Å². The van der Waals surface area contributed by atoms with Gasteiger partial charge in [-0.2, -0.15) is 0 Å². The zero-order valence-corrected chi connectivity index (χ0v) is 13.4. The predicted octanol–water partition coefficient (Wildman–Crippen LogP) is 4.03. The summed E-state index contributed by atoms with van der Waals surface area (Å²) in [6.45, 7) is 2.23. The molecule has 0 radical (unpaired) electrons. The van der Waals surface area contributed by atoms with E-state index < -0.39 is 5.97 Å². The summed E-state index contributed by atoms with van der Waals surface area (Å²) >= 11 is 1.67. The topological polar surface area (TPSA) is 62.2 Å². The van der Waals surface area contributed by atoms with Crippen LogP contribution in [-0.4, -0.2) is 22.1 Å². The second-order valence-corrected chi connectivity index (χ2v) is 7.40. The van der Waals surface area contributed by atoms with E-state index in [0.29, 0.717) is 12.5 Å². The Morgan fingerprint density at radius 1 is 1.38 bits per heavy atom. The number of anilines is 1. The van der Waals surface area contributed by atoms with Crippen LogP contribution in [0, 0.1) is 5.92 Å². The molecule has 2 N–H and O–H groups in total. The molecule has 2 atom stereocenters. The molecule has 2 aliphatic rings. The van der Waals surface area contributed by atoms with Crippen LogP contribution < -0.4 is 5.32 Å². The highest BCUT2D eigenvalue weighted by molar-refractivity contribution is 7.15. The third kappa shape index (κ3) is 3.07. The highest BCUT2D eigenvalue weighted by Crippen LogP contribution is 2.39. The Morgan fingerprint density at radius 2 is 2.14 bits per heavy atom. The van der Waals surface area contributed by atoms with E-state index in [0.717, 1.165) is 29.6 Å². The van der Waals surface area contributed by atoms with Crippen LogP contribution >= 0.6 is 11.3 Å². The first-order chi connectivity index (χ1) is 10.2. The maximum Gasteiger partial charge on any atom is 0.312 e. The number of nitrogens with zero attached hydrogens (tertiary/aromatic N) is 1. The molecule has 1 aromatic heterocycles. The SMILES string of the molecule is CCC(Nc1nc2c(s1)CCC2C(=O)O)C1CCCCC1. The highest BCUT2D eigenvalue weighted by atomic mass is 32.1. The van der Waals surface area contributed by atoms with Gasteiger partial charge in [0.25, 0.3) is 0 Å². The quantitative estimate of drug-likeness (QED) is 0.862. The van der Waals surface area contributed by atoms with Gasteiger partial charge >= 0.3 is 5.97 Å². The molecule has 1 aromatic rings. The molecular formula is C16H24N2O2S. The van der Waals surface area contributed by atoms with Gasteiger partial charge < -0.3 is 10.4 Å². The van der Waals surface area contributed by atoms with Crippen molar-refractivity contribution in [2.75, 3.05) is 5.32 Å². The first-order valence-corrected chi connectivity index (χ1v) is 8.99. The van der Waals surface area contributed by atoms with Gasteiger partial charge in [-0.3, -0.25) is 4.79 Å². The molecule has 4 nitrogen and oxygen atoms in total. The van der Waals surface area contributed by atoms with Gasteiger partial charge in [0.05, 0.1) is 5.69 Å². The Hall–Kier alpha value is -1.10. The van der Waals surface area contributed by atoms with Gasteiger partial charge in [0, 0.05) is 10.9 Å². The fourth-order valence-electron chi connectivity index (χ4n) is 3.78. The summed E-state index contributed by atoms with van der Waals surface area (Å²) in [4.78, 5) is 17.0. The van der Waals surface area contributed by atoms with E-state index in [4.69, 9.17) is 0 Å². The van der Waals surface area contributed by atoms with Gasteiger partial charge in [0.15, 0.2) is 5.13 Å². The summed E-state index contributed by atoms with van der Waals surface area (Å²) in [7, 11) is 0. The number of rotatable bonds is 5. The zero-order valence-electron chi connectivity index (χ0n) is 12.6. The van der Waals surface area contributed by atoms with E-state index in [1.54, 1.807) is 11.3 Å². The van der Waals surface area contributed by atoms with Crippen molar-refractivity contribution < 1.29 is 9.90 Å². The van der Waals surface area contributed by atoms with Crippen molar-refractivity contribution in [2.45, 2.75) is 70.3 Å². The molecule has 2 aliphatic carbocycles. The number of hydrogen-bond acceptors (Lipinski definition) is 4. The Bertz CT molecular complexity index is 508. The third-order valence-corrected chi connectivity index (χ3v) is 6.05. The number of nitrogens with one attached hydrogen (secondary N) is 1. The van der Waals surface area contributed by atoms with E-state index >= 15 is 0 Å². The summed E-state index contributed by atoms with van der Waals surface area (Å²) in [5.74, 6) is -0.371. The summed E-state index contributed by atoms with van der Waals surface area (Å²) in [5.41, 5.74) is 0.813. The van der Waals surface area contributed by atoms with Crippen molar-refractivity contribution >= 4 is 22.4 Å². The van der Waals surface area contributed by atoms with Crippen LogP contribution in [-0.2, 0) is 11.2 Å². The molecule has 21 heavy (non-hydrogen) atoms. The number of hydrogen-bond donors (Lipinski definition) is 2. The number of aryl methyl sites for hydroxylation is 1. The summed E-state index contributed by atoms with van der Waals surface area (Å²) in [6.07, 6.45) is 9.38. The third-order valence-electron chi connectivity index (χ3n) is 4.98. The fourth-order valence-corrected chi connectivity index (χ4v) is 4.88. The predicted molar refractivity (Wildman–Crippen MR) is 85.1 cm³/mol. The van der Waals surface area contributed by atoms with Crippen LogP contribution in [0.25, 0.3) is 0 Å². The maximum atomic E-state index is 11.2. The lowest BCUT2D eigenvalue weighted by Crippen LogP contribution is -2.30. The molecule has 3 rings (SSSR count). The lowest BCUT2D eigenvalue weighted by atomic mass is 9.83. The molecular weight excluding hydrogens is 284 g/mol. The van der Waals surface area contributed by atoms with Gasteiger partial charge in [-0.05, 0) is 38.0 Å². The number of carboxylic acids is 1. The number of aromatic nitrogens is 1. The molecule has 0 aromatic carbocycles. The van der Waals surface area contributed by atoms with Gasteiger partial charge in [0.2, 0.25) is 0 Å². The molecule has 0 spiro atoms. The van der Waals surface area contributed by atoms with E-state index in [2.05, 4.69) is 17.2 Å². The van der Waals surface area contributed by atoms with Crippen molar-refractivity contribution in [3.05, 3.63) is 10.6 Å². The number of fused-ring (bicyclic) bond motifs is 1. The molecule has 1 fully saturated rings. The second-order valence-electron chi connectivity index (χ2n) is 6.31. The largest absolute Gasteiger partial charge is 0.481 e. The molecule has 0 aliphatic heterocycles. The van der Waals surface area contributed by atoms with Crippen molar-refractivity contribution in [2.24, 2.45) is 5.92 Å². The monoisotopic (exact) mass is 308 g/mol. The molecule has 0 saturated heterocycles. The normalized spacial score (nSPS) is 23.8. The Morgan fingerprint density at radius 3 is 2.81 bits per heavy atom. The molecule has 0 amide bonds. The number of carbonyl (C=O) groups is 1. The van der Waals surface area contributed by atoms with Gasteiger partial charge in [-0.1, -0.05) is 26.2 Å². The van der Waals surface area contributed by atoms with Crippen molar-refractivity contribution in [1.82, 2.24) is 4.98 Å². The van der Waals surface area contributed by atoms with Crippen LogP contribution in [0.1, 0.15) is 68.4 Å². The van der Waals surface area contributed by atoms with Crippen LogP contribution in [0.3, 0.4) is 0 Å². The average molecular weight is 308 g/mol. The second kappa shape index (κ2) is 6.34. The van der Waals surface area contributed by atoms with Crippen LogP contribution in [0.4, 0.5) is 5.13 Å².